The molecule has 0 fully saturated rings. The van der Waals surface area contributed by atoms with Crippen molar-refractivity contribution >= 4 is 17.7 Å². The number of carbonyl (C=O) groups is 1. The lowest BCUT2D eigenvalue weighted by Gasteiger charge is -2.21. The molecule has 0 aliphatic heterocycles. The quantitative estimate of drug-likeness (QED) is 0.451. The maximum atomic E-state index is 10.7. The molecule has 0 spiro atoms. The van der Waals surface area contributed by atoms with Crippen LogP contribution in [0.1, 0.15) is 32.8 Å². The van der Waals surface area contributed by atoms with E-state index in [9.17, 15) is 4.79 Å². The summed E-state index contributed by atoms with van der Waals surface area (Å²) in [6.07, 6.45) is 1.43. The van der Waals surface area contributed by atoms with Gasteiger partial charge in [-0.15, -0.1) is 0 Å². The van der Waals surface area contributed by atoms with E-state index in [0.717, 1.165) is 30.7 Å². The third-order valence-corrected chi connectivity index (χ3v) is 3.44. The molecule has 1 N–H and O–H groups in total. The van der Waals surface area contributed by atoms with Gasteiger partial charge in [-0.05, 0) is 31.5 Å². The van der Waals surface area contributed by atoms with Gasteiger partial charge in [0.25, 0.3) is 0 Å². The van der Waals surface area contributed by atoms with Gasteiger partial charge >= 0.3 is 0 Å². The zero-order chi connectivity index (χ0) is 15.0. The molecule has 1 aromatic rings. The van der Waals surface area contributed by atoms with Crippen molar-refractivity contribution in [2.75, 3.05) is 25.0 Å². The zero-order valence-corrected chi connectivity index (χ0v) is 12.9. The molecular weight excluding hydrogens is 250 g/mol. The third-order valence-electron chi connectivity index (χ3n) is 3.44. The van der Waals surface area contributed by atoms with Crippen LogP contribution in [-0.4, -0.2) is 32.1 Å². The first kappa shape index (κ1) is 16.2. The Morgan fingerprint density at radius 3 is 2.35 bits per heavy atom. The number of hydrazone groups is 1. The predicted octanol–water partition coefficient (Wildman–Crippen LogP) is 2.68. The predicted molar refractivity (Wildman–Crippen MR) is 85.4 cm³/mol. The Bertz CT molecular complexity index is 436. The lowest BCUT2D eigenvalue weighted by Crippen LogP contribution is -2.22. The van der Waals surface area contributed by atoms with Crippen molar-refractivity contribution in [3.05, 3.63) is 29.8 Å². The van der Waals surface area contributed by atoms with E-state index in [2.05, 4.69) is 53.5 Å². The van der Waals surface area contributed by atoms with Crippen molar-refractivity contribution in [1.29, 1.82) is 0 Å². The molecule has 0 aliphatic carbocycles. The fourth-order valence-electron chi connectivity index (χ4n) is 2.27. The van der Waals surface area contributed by atoms with Gasteiger partial charge in [0.15, 0.2) is 0 Å². The van der Waals surface area contributed by atoms with Crippen LogP contribution in [0.4, 0.5) is 5.69 Å². The molecule has 1 rings (SSSR count). The van der Waals surface area contributed by atoms with Crippen LogP contribution < -0.4 is 10.3 Å². The SMILES string of the molecule is CCN(CC)c1ccc(/C(=N/NC)C(C)CC=O)cc1. The summed E-state index contributed by atoms with van der Waals surface area (Å²) in [6.45, 7) is 8.31. The number of hydrogen-bond donors (Lipinski definition) is 1. The molecule has 1 aromatic carbocycles. The van der Waals surface area contributed by atoms with Crippen molar-refractivity contribution in [1.82, 2.24) is 5.43 Å². The fraction of sp³-hybridized carbons (Fsp3) is 0.500. The molecule has 0 radical (unpaired) electrons. The first-order chi connectivity index (χ1) is 9.67. The number of hydrogen-bond acceptors (Lipinski definition) is 4. The molecule has 20 heavy (non-hydrogen) atoms. The van der Waals surface area contributed by atoms with Crippen LogP contribution in [-0.2, 0) is 4.79 Å². The first-order valence-electron chi connectivity index (χ1n) is 7.21. The minimum atomic E-state index is 0.110. The monoisotopic (exact) mass is 275 g/mol. The Labute approximate surface area is 121 Å². The number of anilines is 1. The number of rotatable bonds is 8. The minimum Gasteiger partial charge on any atom is -0.372 e. The summed E-state index contributed by atoms with van der Waals surface area (Å²) in [5, 5.41) is 4.32. The molecule has 4 nitrogen and oxygen atoms in total. The van der Waals surface area contributed by atoms with E-state index in [0.29, 0.717) is 6.42 Å². The number of nitrogens with zero attached hydrogens (tertiary/aromatic N) is 2. The standard InChI is InChI=1S/C16H25N3O/c1-5-19(6-2)15-9-7-14(8-10-15)16(18-17-4)13(3)11-12-20/h7-10,12-13,17H,5-6,11H2,1-4H3/b18-16+. The van der Waals surface area contributed by atoms with Gasteiger partial charge in [-0.1, -0.05) is 19.1 Å². The van der Waals surface area contributed by atoms with Crippen LogP contribution in [0.5, 0.6) is 0 Å². The smallest absolute Gasteiger partial charge is 0.120 e. The van der Waals surface area contributed by atoms with Gasteiger partial charge in [0.05, 0.1) is 5.71 Å². The van der Waals surface area contributed by atoms with E-state index in [-0.39, 0.29) is 5.92 Å². The molecule has 1 atom stereocenters. The van der Waals surface area contributed by atoms with Crippen molar-refractivity contribution in [3.8, 4) is 0 Å². The zero-order valence-electron chi connectivity index (χ0n) is 12.9. The minimum absolute atomic E-state index is 0.110. The average molecular weight is 275 g/mol. The number of aldehydes is 1. The van der Waals surface area contributed by atoms with Gasteiger partial charge in [-0.2, -0.15) is 5.10 Å². The Morgan fingerprint density at radius 2 is 1.90 bits per heavy atom. The molecule has 0 amide bonds. The molecule has 0 bridgehead atoms. The van der Waals surface area contributed by atoms with Crippen LogP contribution in [0.2, 0.25) is 0 Å². The molecule has 110 valence electrons. The maximum absolute atomic E-state index is 10.7. The van der Waals surface area contributed by atoms with Crippen LogP contribution in [0, 0.1) is 5.92 Å². The van der Waals surface area contributed by atoms with Crippen LogP contribution in [0.3, 0.4) is 0 Å². The molecule has 0 saturated carbocycles. The van der Waals surface area contributed by atoms with Gasteiger partial charge in [0.1, 0.15) is 6.29 Å². The van der Waals surface area contributed by atoms with E-state index < -0.39 is 0 Å². The number of nitrogens with one attached hydrogen (secondary N) is 1. The first-order valence-corrected chi connectivity index (χ1v) is 7.21. The normalized spacial score (nSPS) is 12.9. The topological polar surface area (TPSA) is 44.7 Å². The van der Waals surface area contributed by atoms with Crippen LogP contribution >= 0.6 is 0 Å². The summed E-state index contributed by atoms with van der Waals surface area (Å²) in [5.74, 6) is 0.110. The summed E-state index contributed by atoms with van der Waals surface area (Å²) >= 11 is 0. The van der Waals surface area contributed by atoms with E-state index in [1.807, 2.05) is 6.92 Å². The highest BCUT2D eigenvalue weighted by atomic mass is 16.1. The molecule has 0 aromatic heterocycles. The molecule has 0 saturated heterocycles. The summed E-state index contributed by atoms with van der Waals surface area (Å²) in [6, 6.07) is 8.37. The van der Waals surface area contributed by atoms with Crippen molar-refractivity contribution in [2.45, 2.75) is 27.2 Å². The summed E-state index contributed by atoms with van der Waals surface area (Å²) < 4.78 is 0. The van der Waals surface area contributed by atoms with E-state index >= 15 is 0 Å². The van der Waals surface area contributed by atoms with Crippen molar-refractivity contribution < 1.29 is 4.79 Å². The number of carbonyl (C=O) groups excluding carboxylic acids is 1. The van der Waals surface area contributed by atoms with Gasteiger partial charge < -0.3 is 15.1 Å². The Kier molecular flexibility index (Phi) is 6.77. The Hall–Kier alpha value is -1.84. The van der Waals surface area contributed by atoms with Crippen molar-refractivity contribution in [2.24, 2.45) is 11.0 Å². The Balaban J connectivity index is 2.99. The highest BCUT2D eigenvalue weighted by Crippen LogP contribution is 2.18. The maximum Gasteiger partial charge on any atom is 0.120 e. The van der Waals surface area contributed by atoms with Gasteiger partial charge in [-0.25, -0.2) is 0 Å². The molecule has 0 heterocycles. The highest BCUT2D eigenvalue weighted by molar-refractivity contribution is 6.02. The molecule has 1 unspecified atom stereocenters. The average Bonchev–Trinajstić information content (AvgIpc) is 2.47. The largest absolute Gasteiger partial charge is 0.372 e. The Morgan fingerprint density at radius 1 is 1.30 bits per heavy atom. The highest BCUT2D eigenvalue weighted by Gasteiger charge is 2.13. The molecule has 4 heteroatoms. The fourth-order valence-corrected chi connectivity index (χ4v) is 2.27. The summed E-state index contributed by atoms with van der Waals surface area (Å²) in [5.41, 5.74) is 6.02. The third kappa shape index (κ3) is 4.08. The van der Waals surface area contributed by atoms with Gasteiger partial charge in [0.2, 0.25) is 0 Å². The lowest BCUT2D eigenvalue weighted by molar-refractivity contribution is -0.108. The second kappa shape index (κ2) is 8.35. The van der Waals surface area contributed by atoms with Crippen LogP contribution in [0.25, 0.3) is 0 Å². The second-order valence-corrected chi connectivity index (χ2v) is 4.74. The second-order valence-electron chi connectivity index (χ2n) is 4.74. The van der Waals surface area contributed by atoms with E-state index in [4.69, 9.17) is 0 Å². The van der Waals surface area contributed by atoms with Gasteiger partial charge in [0, 0.05) is 38.2 Å². The lowest BCUT2D eigenvalue weighted by atomic mass is 9.96. The van der Waals surface area contributed by atoms with E-state index in [1.165, 1.54) is 5.69 Å². The van der Waals surface area contributed by atoms with Gasteiger partial charge in [-0.3, -0.25) is 0 Å². The molecular formula is C16H25N3O. The summed E-state index contributed by atoms with van der Waals surface area (Å²) in [4.78, 5) is 13.0. The number of benzene rings is 1. The van der Waals surface area contributed by atoms with Crippen molar-refractivity contribution in [3.63, 3.8) is 0 Å². The van der Waals surface area contributed by atoms with Crippen LogP contribution in [0.15, 0.2) is 29.4 Å². The molecule has 0 aliphatic rings. The van der Waals surface area contributed by atoms with E-state index in [1.54, 1.807) is 7.05 Å². The summed E-state index contributed by atoms with van der Waals surface area (Å²) in [7, 11) is 1.78.